The molecule has 0 bridgehead atoms. The molecule has 0 aliphatic carbocycles. The Hall–Kier alpha value is -2.76. The van der Waals surface area contributed by atoms with Gasteiger partial charge in [-0.25, -0.2) is 14.2 Å². The van der Waals surface area contributed by atoms with E-state index < -0.39 is 11.8 Å². The molecule has 2 aromatic heterocycles. The summed E-state index contributed by atoms with van der Waals surface area (Å²) in [5.74, 6) is -1.65. The van der Waals surface area contributed by atoms with E-state index in [0.29, 0.717) is 22.3 Å². The number of aromatic carboxylic acids is 1. The number of aryl methyl sites for hydroxylation is 2. The molecule has 0 spiro atoms. The fourth-order valence-electron chi connectivity index (χ4n) is 2.35. The number of nitrogens with zero attached hydrogens (tertiary/aromatic N) is 3. The van der Waals surface area contributed by atoms with E-state index in [1.807, 2.05) is 0 Å². The summed E-state index contributed by atoms with van der Waals surface area (Å²) < 4.78 is 15.7. The van der Waals surface area contributed by atoms with Crippen LogP contribution in [-0.4, -0.2) is 25.8 Å². The van der Waals surface area contributed by atoms with Crippen molar-refractivity contribution < 1.29 is 14.3 Å². The summed E-state index contributed by atoms with van der Waals surface area (Å²) in [6.45, 7) is 1.71. The molecule has 0 radical (unpaired) electrons. The lowest BCUT2D eigenvalue weighted by molar-refractivity contribution is 0.0699. The van der Waals surface area contributed by atoms with Gasteiger partial charge in [0.1, 0.15) is 11.3 Å². The third-order valence-electron chi connectivity index (χ3n) is 3.32. The molecule has 3 rings (SSSR count). The largest absolute Gasteiger partial charge is 0.478 e. The summed E-state index contributed by atoms with van der Waals surface area (Å²) in [6.07, 6.45) is 1.58. The van der Waals surface area contributed by atoms with Gasteiger partial charge in [-0.1, -0.05) is 0 Å². The molecule has 21 heavy (non-hydrogen) atoms. The zero-order chi connectivity index (χ0) is 15.1. The molecule has 2 heterocycles. The molecule has 3 aromatic rings. The van der Waals surface area contributed by atoms with Gasteiger partial charge in [-0.15, -0.1) is 0 Å². The summed E-state index contributed by atoms with van der Waals surface area (Å²) in [5.41, 5.74) is 1.73. The Bertz CT molecular complexity index is 871. The highest BCUT2D eigenvalue weighted by Crippen LogP contribution is 2.27. The van der Waals surface area contributed by atoms with E-state index in [1.54, 1.807) is 37.0 Å². The van der Waals surface area contributed by atoms with Crippen molar-refractivity contribution in [3.8, 4) is 11.4 Å². The number of fused-ring (bicyclic) bond motifs is 1. The number of carboxylic acid groups (broad SMARTS) is 1. The number of rotatable bonds is 2. The molecule has 0 fully saturated rings. The number of pyridine rings is 1. The molecule has 106 valence electrons. The summed E-state index contributed by atoms with van der Waals surface area (Å²) in [6, 6.07) is 6.11. The van der Waals surface area contributed by atoms with Crippen molar-refractivity contribution in [2.24, 2.45) is 7.05 Å². The van der Waals surface area contributed by atoms with E-state index in [1.165, 1.54) is 12.1 Å². The fourth-order valence-corrected chi connectivity index (χ4v) is 2.35. The summed E-state index contributed by atoms with van der Waals surface area (Å²) in [5, 5.41) is 13.7. The lowest BCUT2D eigenvalue weighted by Gasteiger charge is -2.09. The molecule has 0 saturated carbocycles. The van der Waals surface area contributed by atoms with E-state index in [0.717, 1.165) is 0 Å². The highest BCUT2D eigenvalue weighted by atomic mass is 19.1. The third-order valence-corrected chi connectivity index (χ3v) is 3.32. The maximum atomic E-state index is 14.1. The van der Waals surface area contributed by atoms with Crippen molar-refractivity contribution in [1.29, 1.82) is 0 Å². The Morgan fingerprint density at radius 2 is 2.10 bits per heavy atom. The Labute approximate surface area is 119 Å². The first-order valence-corrected chi connectivity index (χ1v) is 6.30. The predicted molar refractivity (Wildman–Crippen MR) is 75.6 cm³/mol. The lowest BCUT2D eigenvalue weighted by Crippen LogP contribution is -2.03. The fraction of sp³-hybridized carbons (Fsp3) is 0.133. The van der Waals surface area contributed by atoms with Crippen molar-refractivity contribution in [3.05, 3.63) is 47.4 Å². The van der Waals surface area contributed by atoms with E-state index in [9.17, 15) is 14.3 Å². The molecule has 0 saturated heterocycles. The van der Waals surface area contributed by atoms with Crippen LogP contribution < -0.4 is 0 Å². The maximum Gasteiger partial charge on any atom is 0.336 e. The molecule has 6 heteroatoms. The van der Waals surface area contributed by atoms with Crippen LogP contribution in [0.5, 0.6) is 0 Å². The minimum absolute atomic E-state index is 0.0267. The first-order valence-electron chi connectivity index (χ1n) is 6.30. The van der Waals surface area contributed by atoms with Crippen molar-refractivity contribution in [3.63, 3.8) is 0 Å². The van der Waals surface area contributed by atoms with Crippen LogP contribution in [0.4, 0.5) is 4.39 Å². The third kappa shape index (κ3) is 2.14. The zero-order valence-corrected chi connectivity index (χ0v) is 11.5. The number of carbonyl (C=O) groups is 1. The van der Waals surface area contributed by atoms with Crippen molar-refractivity contribution in [1.82, 2.24) is 14.8 Å². The van der Waals surface area contributed by atoms with Crippen LogP contribution in [0.2, 0.25) is 0 Å². The number of hydrogen-bond donors (Lipinski definition) is 1. The second-order valence-corrected chi connectivity index (χ2v) is 4.84. The highest BCUT2D eigenvalue weighted by molar-refractivity contribution is 6.04. The molecule has 0 amide bonds. The van der Waals surface area contributed by atoms with E-state index in [4.69, 9.17) is 0 Å². The standard InChI is InChI=1S/C15H12FN3O2/c1-8-5-9-10(15(20)21)7-12(13-3-4-17-19(13)2)18-14(9)11(16)6-8/h3-7H,1-2H3,(H,20,21). The molecular weight excluding hydrogens is 273 g/mol. The van der Waals surface area contributed by atoms with E-state index >= 15 is 0 Å². The number of aromatic nitrogens is 3. The highest BCUT2D eigenvalue weighted by Gasteiger charge is 2.17. The molecule has 0 aliphatic rings. The van der Waals surface area contributed by atoms with Gasteiger partial charge in [-0.2, -0.15) is 5.10 Å². The summed E-state index contributed by atoms with van der Waals surface area (Å²) >= 11 is 0. The van der Waals surface area contributed by atoms with Crippen molar-refractivity contribution in [2.75, 3.05) is 0 Å². The minimum atomic E-state index is -1.11. The Morgan fingerprint density at radius 1 is 1.33 bits per heavy atom. The predicted octanol–water partition coefficient (Wildman–Crippen LogP) is 2.78. The van der Waals surface area contributed by atoms with Crippen LogP contribution in [0.3, 0.4) is 0 Å². The zero-order valence-electron chi connectivity index (χ0n) is 11.5. The average Bonchev–Trinajstić information content (AvgIpc) is 2.84. The van der Waals surface area contributed by atoms with Gasteiger partial charge in [0.25, 0.3) is 0 Å². The van der Waals surface area contributed by atoms with Gasteiger partial charge in [-0.05, 0) is 36.8 Å². The molecule has 5 nitrogen and oxygen atoms in total. The van der Waals surface area contributed by atoms with Gasteiger partial charge in [0.2, 0.25) is 0 Å². The van der Waals surface area contributed by atoms with Crippen LogP contribution in [0.25, 0.3) is 22.3 Å². The van der Waals surface area contributed by atoms with Crippen molar-refractivity contribution >= 4 is 16.9 Å². The van der Waals surface area contributed by atoms with Gasteiger partial charge in [-0.3, -0.25) is 4.68 Å². The van der Waals surface area contributed by atoms with Crippen LogP contribution in [-0.2, 0) is 7.05 Å². The molecule has 1 aromatic carbocycles. The molecule has 0 atom stereocenters. The normalized spacial score (nSPS) is 11.0. The van der Waals surface area contributed by atoms with Gasteiger partial charge in [0.15, 0.2) is 0 Å². The maximum absolute atomic E-state index is 14.1. The van der Waals surface area contributed by atoms with Crippen LogP contribution in [0.15, 0.2) is 30.5 Å². The average molecular weight is 285 g/mol. The Kier molecular flexibility index (Phi) is 2.94. The Balaban J connectivity index is 2.40. The van der Waals surface area contributed by atoms with Crippen LogP contribution in [0, 0.1) is 12.7 Å². The van der Waals surface area contributed by atoms with Gasteiger partial charge in [0, 0.05) is 18.6 Å². The number of hydrogen-bond acceptors (Lipinski definition) is 3. The number of carboxylic acids is 1. The van der Waals surface area contributed by atoms with Gasteiger partial charge in [0.05, 0.1) is 17.0 Å². The monoisotopic (exact) mass is 285 g/mol. The summed E-state index contributed by atoms with van der Waals surface area (Å²) in [4.78, 5) is 15.7. The first kappa shape index (κ1) is 13.2. The first-order chi connectivity index (χ1) is 9.97. The minimum Gasteiger partial charge on any atom is -0.478 e. The van der Waals surface area contributed by atoms with E-state index in [-0.39, 0.29) is 11.1 Å². The van der Waals surface area contributed by atoms with Crippen LogP contribution >= 0.6 is 0 Å². The van der Waals surface area contributed by atoms with Crippen LogP contribution in [0.1, 0.15) is 15.9 Å². The van der Waals surface area contributed by atoms with Crippen molar-refractivity contribution in [2.45, 2.75) is 6.92 Å². The SMILES string of the molecule is Cc1cc(F)c2nc(-c3ccnn3C)cc(C(=O)O)c2c1. The topological polar surface area (TPSA) is 68.0 Å². The quantitative estimate of drug-likeness (QED) is 0.786. The van der Waals surface area contributed by atoms with Gasteiger partial charge >= 0.3 is 5.97 Å². The molecule has 1 N–H and O–H groups in total. The summed E-state index contributed by atoms with van der Waals surface area (Å²) in [7, 11) is 1.72. The molecule has 0 unspecified atom stereocenters. The smallest absolute Gasteiger partial charge is 0.336 e. The molecular formula is C15H12FN3O2. The second-order valence-electron chi connectivity index (χ2n) is 4.84. The Morgan fingerprint density at radius 3 is 2.71 bits per heavy atom. The van der Waals surface area contributed by atoms with E-state index in [2.05, 4.69) is 10.1 Å². The molecule has 0 aliphatic heterocycles. The van der Waals surface area contributed by atoms with Gasteiger partial charge < -0.3 is 5.11 Å². The number of halogens is 1. The second kappa shape index (κ2) is 4.66. The number of benzene rings is 1. The lowest BCUT2D eigenvalue weighted by atomic mass is 10.0.